The minimum atomic E-state index is -0.458. The highest BCUT2D eigenvalue weighted by atomic mass is 16.3. The highest BCUT2D eigenvalue weighted by molar-refractivity contribution is 5.76. The summed E-state index contributed by atoms with van der Waals surface area (Å²) >= 11 is 0. The first kappa shape index (κ1) is 16.7. The summed E-state index contributed by atoms with van der Waals surface area (Å²) in [5.41, 5.74) is 3.23. The lowest BCUT2D eigenvalue weighted by molar-refractivity contribution is -0.121. The normalized spacial score (nSPS) is 12.8. The molecule has 0 spiro atoms. The summed E-state index contributed by atoms with van der Waals surface area (Å²) in [5, 5.41) is 16.8. The van der Waals surface area contributed by atoms with Crippen molar-refractivity contribution < 1.29 is 9.90 Å². The van der Waals surface area contributed by atoms with E-state index in [9.17, 15) is 9.90 Å². The lowest BCUT2D eigenvalue weighted by Crippen LogP contribution is -2.32. The first-order valence-electron chi connectivity index (χ1n) is 7.25. The van der Waals surface area contributed by atoms with Crippen LogP contribution in [0.2, 0.25) is 0 Å². The standard InChI is InChI=1S/C15H27N3O2/c1-10(2)8-13(19)9-16-15(20)7-6-14-11(3)17-18(5)12(14)4/h10,13,19H,6-9H2,1-5H3,(H,16,20). The van der Waals surface area contributed by atoms with Gasteiger partial charge in [-0.25, -0.2) is 0 Å². The molecule has 1 atom stereocenters. The summed E-state index contributed by atoms with van der Waals surface area (Å²) in [4.78, 5) is 11.8. The van der Waals surface area contributed by atoms with Crippen LogP contribution >= 0.6 is 0 Å². The molecule has 1 aromatic rings. The molecule has 20 heavy (non-hydrogen) atoms. The fourth-order valence-electron chi connectivity index (χ4n) is 2.37. The number of hydrogen-bond acceptors (Lipinski definition) is 3. The van der Waals surface area contributed by atoms with Crippen molar-refractivity contribution in [3.63, 3.8) is 0 Å². The molecule has 1 heterocycles. The van der Waals surface area contributed by atoms with E-state index in [0.717, 1.165) is 17.0 Å². The van der Waals surface area contributed by atoms with Gasteiger partial charge in [-0.1, -0.05) is 13.8 Å². The first-order valence-corrected chi connectivity index (χ1v) is 7.25. The van der Waals surface area contributed by atoms with Gasteiger partial charge in [0.15, 0.2) is 0 Å². The Labute approximate surface area is 121 Å². The zero-order valence-corrected chi connectivity index (χ0v) is 13.2. The maximum atomic E-state index is 11.8. The Bertz CT molecular complexity index is 452. The number of rotatable bonds is 7. The fourth-order valence-corrected chi connectivity index (χ4v) is 2.37. The second-order valence-corrected chi connectivity index (χ2v) is 5.86. The number of nitrogens with one attached hydrogen (secondary N) is 1. The molecule has 1 amide bonds. The summed E-state index contributed by atoms with van der Waals surface area (Å²) in [6.45, 7) is 8.42. The molecule has 0 saturated heterocycles. The Morgan fingerprint density at radius 2 is 2.05 bits per heavy atom. The maximum Gasteiger partial charge on any atom is 0.220 e. The molecule has 5 nitrogen and oxygen atoms in total. The van der Waals surface area contributed by atoms with Gasteiger partial charge < -0.3 is 10.4 Å². The summed E-state index contributed by atoms with van der Waals surface area (Å²) in [6, 6.07) is 0. The van der Waals surface area contributed by atoms with Gasteiger partial charge in [0.25, 0.3) is 0 Å². The molecule has 1 rings (SSSR count). The quantitative estimate of drug-likeness (QED) is 0.796. The number of aromatic nitrogens is 2. The first-order chi connectivity index (χ1) is 9.31. The van der Waals surface area contributed by atoms with Crippen LogP contribution < -0.4 is 5.32 Å². The molecule has 0 fully saturated rings. The number of hydrogen-bond donors (Lipinski definition) is 2. The monoisotopic (exact) mass is 281 g/mol. The molecule has 0 aliphatic heterocycles. The van der Waals surface area contributed by atoms with E-state index >= 15 is 0 Å². The van der Waals surface area contributed by atoms with Gasteiger partial charge >= 0.3 is 0 Å². The predicted octanol–water partition coefficient (Wildman–Crippen LogP) is 1.49. The molecule has 0 aliphatic carbocycles. The van der Waals surface area contributed by atoms with Crippen LogP contribution in [0.25, 0.3) is 0 Å². The van der Waals surface area contributed by atoms with Crippen LogP contribution in [0, 0.1) is 19.8 Å². The molecule has 0 aromatic carbocycles. The Morgan fingerprint density at radius 3 is 2.55 bits per heavy atom. The highest BCUT2D eigenvalue weighted by Crippen LogP contribution is 2.13. The maximum absolute atomic E-state index is 11.8. The van der Waals surface area contributed by atoms with Crippen molar-refractivity contribution in [1.82, 2.24) is 15.1 Å². The van der Waals surface area contributed by atoms with Crippen molar-refractivity contribution in [1.29, 1.82) is 0 Å². The number of carbonyl (C=O) groups is 1. The van der Waals surface area contributed by atoms with Crippen molar-refractivity contribution in [2.45, 2.75) is 53.1 Å². The van der Waals surface area contributed by atoms with Crippen LogP contribution in [0.3, 0.4) is 0 Å². The van der Waals surface area contributed by atoms with Gasteiger partial charge in [-0.15, -0.1) is 0 Å². The Kier molecular flexibility index (Phi) is 6.20. The van der Waals surface area contributed by atoms with Gasteiger partial charge in [0.05, 0.1) is 11.8 Å². The fraction of sp³-hybridized carbons (Fsp3) is 0.733. The lowest BCUT2D eigenvalue weighted by Gasteiger charge is -2.13. The number of amides is 1. The SMILES string of the molecule is Cc1nn(C)c(C)c1CCC(=O)NCC(O)CC(C)C. The van der Waals surface area contributed by atoms with Crippen molar-refractivity contribution in [3.8, 4) is 0 Å². The van der Waals surface area contributed by atoms with Crippen LogP contribution in [-0.4, -0.2) is 33.4 Å². The molecule has 1 aromatic heterocycles. The topological polar surface area (TPSA) is 67.2 Å². The third-order valence-corrected chi connectivity index (χ3v) is 3.54. The molecule has 1 unspecified atom stereocenters. The van der Waals surface area contributed by atoms with E-state index in [-0.39, 0.29) is 5.91 Å². The van der Waals surface area contributed by atoms with Gasteiger partial charge in [-0.3, -0.25) is 9.48 Å². The van der Waals surface area contributed by atoms with Crippen LogP contribution in [0.4, 0.5) is 0 Å². The smallest absolute Gasteiger partial charge is 0.220 e. The third-order valence-electron chi connectivity index (χ3n) is 3.54. The van der Waals surface area contributed by atoms with Gasteiger partial charge in [-0.05, 0) is 38.2 Å². The van der Waals surface area contributed by atoms with Crippen molar-refractivity contribution in [3.05, 3.63) is 17.0 Å². The zero-order chi connectivity index (χ0) is 15.3. The number of nitrogens with zero attached hydrogens (tertiary/aromatic N) is 2. The predicted molar refractivity (Wildman–Crippen MR) is 79.5 cm³/mol. The van der Waals surface area contributed by atoms with E-state index in [4.69, 9.17) is 0 Å². The Hall–Kier alpha value is -1.36. The second kappa shape index (κ2) is 7.43. The van der Waals surface area contributed by atoms with E-state index in [1.54, 1.807) is 0 Å². The van der Waals surface area contributed by atoms with Gasteiger partial charge in [0.2, 0.25) is 5.91 Å². The van der Waals surface area contributed by atoms with Crippen molar-refractivity contribution in [2.24, 2.45) is 13.0 Å². The van der Waals surface area contributed by atoms with Crippen molar-refractivity contribution >= 4 is 5.91 Å². The average molecular weight is 281 g/mol. The number of carbonyl (C=O) groups excluding carboxylic acids is 1. The van der Waals surface area contributed by atoms with Gasteiger partial charge in [-0.2, -0.15) is 5.10 Å². The summed E-state index contributed by atoms with van der Waals surface area (Å²) in [7, 11) is 1.91. The molecule has 2 N–H and O–H groups in total. The third kappa shape index (κ3) is 4.96. The van der Waals surface area contributed by atoms with E-state index < -0.39 is 6.10 Å². The number of aliphatic hydroxyl groups is 1. The summed E-state index contributed by atoms with van der Waals surface area (Å²) < 4.78 is 1.84. The van der Waals surface area contributed by atoms with Crippen molar-refractivity contribution in [2.75, 3.05) is 6.54 Å². The molecule has 0 bridgehead atoms. The Morgan fingerprint density at radius 1 is 1.40 bits per heavy atom. The molecular formula is C15H27N3O2. The van der Waals surface area contributed by atoms with Crippen LogP contribution in [0.5, 0.6) is 0 Å². The minimum Gasteiger partial charge on any atom is -0.391 e. The number of aliphatic hydroxyl groups excluding tert-OH is 1. The molecule has 114 valence electrons. The molecular weight excluding hydrogens is 254 g/mol. The highest BCUT2D eigenvalue weighted by Gasteiger charge is 2.12. The van der Waals surface area contributed by atoms with Crippen LogP contribution in [0.1, 0.15) is 43.6 Å². The van der Waals surface area contributed by atoms with E-state index in [2.05, 4.69) is 24.3 Å². The van der Waals surface area contributed by atoms with Crippen LogP contribution in [0.15, 0.2) is 0 Å². The summed E-state index contributed by atoms with van der Waals surface area (Å²) in [6.07, 6.45) is 1.38. The van der Waals surface area contributed by atoms with E-state index in [1.807, 2.05) is 25.6 Å². The molecule has 0 aliphatic rings. The summed E-state index contributed by atoms with van der Waals surface area (Å²) in [5.74, 6) is 0.415. The molecule has 0 radical (unpaired) electrons. The van der Waals surface area contributed by atoms with Gasteiger partial charge in [0, 0.05) is 25.7 Å². The van der Waals surface area contributed by atoms with E-state index in [1.165, 1.54) is 0 Å². The van der Waals surface area contributed by atoms with Gasteiger partial charge in [0.1, 0.15) is 0 Å². The lowest BCUT2D eigenvalue weighted by atomic mass is 10.1. The Balaban J connectivity index is 2.36. The minimum absolute atomic E-state index is 0.0181. The average Bonchev–Trinajstić information content (AvgIpc) is 2.58. The number of aryl methyl sites for hydroxylation is 2. The molecule has 5 heteroatoms. The zero-order valence-electron chi connectivity index (χ0n) is 13.2. The van der Waals surface area contributed by atoms with E-state index in [0.29, 0.717) is 31.7 Å². The molecule has 0 saturated carbocycles. The second-order valence-electron chi connectivity index (χ2n) is 5.86. The largest absolute Gasteiger partial charge is 0.391 e. The van der Waals surface area contributed by atoms with Crippen LogP contribution in [-0.2, 0) is 18.3 Å².